The van der Waals surface area contributed by atoms with Gasteiger partial charge < -0.3 is 4.90 Å². The van der Waals surface area contributed by atoms with E-state index in [9.17, 15) is 4.79 Å². The van der Waals surface area contributed by atoms with E-state index in [4.69, 9.17) is 11.6 Å². The first-order chi connectivity index (χ1) is 10.7. The van der Waals surface area contributed by atoms with Crippen LogP contribution in [0, 0.1) is 0 Å². The first-order valence-corrected chi connectivity index (χ1v) is 8.14. The first-order valence-electron chi connectivity index (χ1n) is 7.77. The third-order valence-corrected chi connectivity index (χ3v) is 4.53. The fourth-order valence-corrected chi connectivity index (χ4v) is 3.33. The standard InChI is InChI=1S/C17H20ClN3O/c1-2-5-13-10-16(20-19-13)17(22)21-9-8-12(11-21)14-6-3-4-7-15(14)18/h3-4,6-7,10,12H,2,5,8-9,11H2,1H3,(H,19,20). The highest BCUT2D eigenvalue weighted by molar-refractivity contribution is 6.31. The van der Waals surface area contributed by atoms with Crippen molar-refractivity contribution in [3.05, 3.63) is 52.3 Å². The molecule has 1 aliphatic heterocycles. The molecule has 0 saturated carbocycles. The quantitative estimate of drug-likeness (QED) is 0.935. The third-order valence-electron chi connectivity index (χ3n) is 4.19. The molecule has 0 spiro atoms. The van der Waals surface area contributed by atoms with Crippen LogP contribution in [0.5, 0.6) is 0 Å². The molecule has 1 unspecified atom stereocenters. The smallest absolute Gasteiger partial charge is 0.274 e. The number of halogens is 1. The fraction of sp³-hybridized carbons (Fsp3) is 0.412. The van der Waals surface area contributed by atoms with E-state index in [0.29, 0.717) is 18.2 Å². The van der Waals surface area contributed by atoms with Crippen molar-refractivity contribution in [1.82, 2.24) is 15.1 Å². The normalized spacial score (nSPS) is 17.9. The van der Waals surface area contributed by atoms with Crippen molar-refractivity contribution in [3.63, 3.8) is 0 Å². The lowest BCUT2D eigenvalue weighted by molar-refractivity contribution is 0.0785. The summed E-state index contributed by atoms with van der Waals surface area (Å²) in [6.07, 6.45) is 2.90. The number of rotatable bonds is 4. The summed E-state index contributed by atoms with van der Waals surface area (Å²) >= 11 is 6.27. The Morgan fingerprint density at radius 3 is 3.05 bits per heavy atom. The number of carbonyl (C=O) groups excluding carboxylic acids is 1. The maximum absolute atomic E-state index is 12.5. The van der Waals surface area contributed by atoms with E-state index in [1.54, 1.807) is 0 Å². The number of carbonyl (C=O) groups is 1. The number of benzene rings is 1. The van der Waals surface area contributed by atoms with Crippen LogP contribution in [-0.2, 0) is 6.42 Å². The van der Waals surface area contributed by atoms with Gasteiger partial charge in [0, 0.05) is 29.7 Å². The molecule has 1 amide bonds. The van der Waals surface area contributed by atoms with Gasteiger partial charge in [0.05, 0.1) is 0 Å². The second kappa shape index (κ2) is 6.53. The number of nitrogens with zero attached hydrogens (tertiary/aromatic N) is 2. The van der Waals surface area contributed by atoms with Crippen molar-refractivity contribution in [2.24, 2.45) is 0 Å². The minimum Gasteiger partial charge on any atom is -0.337 e. The number of likely N-dealkylation sites (tertiary alicyclic amines) is 1. The maximum Gasteiger partial charge on any atom is 0.274 e. The van der Waals surface area contributed by atoms with Crippen LogP contribution in [0.4, 0.5) is 0 Å². The highest BCUT2D eigenvalue weighted by Crippen LogP contribution is 2.32. The van der Waals surface area contributed by atoms with Crippen molar-refractivity contribution < 1.29 is 4.79 Å². The van der Waals surface area contributed by atoms with E-state index in [-0.39, 0.29) is 5.91 Å². The summed E-state index contributed by atoms with van der Waals surface area (Å²) in [7, 11) is 0. The monoisotopic (exact) mass is 317 g/mol. The Labute approximate surface area is 135 Å². The summed E-state index contributed by atoms with van der Waals surface area (Å²) in [5.74, 6) is 0.319. The number of hydrogen-bond donors (Lipinski definition) is 1. The van der Waals surface area contributed by atoms with Crippen LogP contribution in [0.2, 0.25) is 5.02 Å². The van der Waals surface area contributed by atoms with Crippen LogP contribution in [0.15, 0.2) is 30.3 Å². The van der Waals surface area contributed by atoms with Crippen LogP contribution in [0.1, 0.15) is 47.4 Å². The van der Waals surface area contributed by atoms with Gasteiger partial charge in [-0.25, -0.2) is 0 Å². The molecule has 1 aromatic heterocycles. The van der Waals surface area contributed by atoms with Crippen LogP contribution in [-0.4, -0.2) is 34.1 Å². The summed E-state index contributed by atoms with van der Waals surface area (Å²) < 4.78 is 0. The van der Waals surface area contributed by atoms with Crippen molar-refractivity contribution in [1.29, 1.82) is 0 Å². The number of H-pyrrole nitrogens is 1. The van der Waals surface area contributed by atoms with Gasteiger partial charge in [0.25, 0.3) is 5.91 Å². The molecule has 0 radical (unpaired) electrons. The van der Waals surface area contributed by atoms with Crippen LogP contribution in [0.25, 0.3) is 0 Å². The fourth-order valence-electron chi connectivity index (χ4n) is 3.04. The number of aromatic nitrogens is 2. The molecule has 5 heteroatoms. The second-order valence-electron chi connectivity index (χ2n) is 5.79. The van der Waals surface area contributed by atoms with Gasteiger partial charge in [-0.2, -0.15) is 5.10 Å². The lowest BCUT2D eigenvalue weighted by Crippen LogP contribution is -2.28. The molecule has 3 rings (SSSR count). The van der Waals surface area contributed by atoms with Gasteiger partial charge in [0.15, 0.2) is 0 Å². The highest BCUT2D eigenvalue weighted by atomic mass is 35.5. The summed E-state index contributed by atoms with van der Waals surface area (Å²) in [5.41, 5.74) is 2.67. The molecule has 2 heterocycles. The zero-order valence-electron chi connectivity index (χ0n) is 12.7. The molecule has 22 heavy (non-hydrogen) atoms. The van der Waals surface area contributed by atoms with E-state index in [1.807, 2.05) is 29.2 Å². The zero-order valence-corrected chi connectivity index (χ0v) is 13.4. The third kappa shape index (κ3) is 3.02. The number of aromatic amines is 1. The van der Waals surface area contributed by atoms with Gasteiger partial charge in [-0.3, -0.25) is 9.89 Å². The van der Waals surface area contributed by atoms with Crippen molar-refractivity contribution in [2.75, 3.05) is 13.1 Å². The summed E-state index contributed by atoms with van der Waals surface area (Å²) in [6, 6.07) is 9.76. The van der Waals surface area contributed by atoms with Crippen molar-refractivity contribution in [3.8, 4) is 0 Å². The predicted octanol–water partition coefficient (Wildman–Crippen LogP) is 3.65. The molecule has 1 N–H and O–H groups in total. The summed E-state index contributed by atoms with van der Waals surface area (Å²) in [6.45, 7) is 3.57. The molecule has 1 saturated heterocycles. The molecule has 116 valence electrons. The average molecular weight is 318 g/mol. The molecule has 1 atom stereocenters. The van der Waals surface area contributed by atoms with Gasteiger partial charge in [0.1, 0.15) is 5.69 Å². The number of hydrogen-bond acceptors (Lipinski definition) is 2. The number of amides is 1. The molecule has 2 aromatic rings. The van der Waals surface area contributed by atoms with Crippen LogP contribution in [0.3, 0.4) is 0 Å². The van der Waals surface area contributed by atoms with Gasteiger partial charge in [-0.15, -0.1) is 0 Å². The highest BCUT2D eigenvalue weighted by Gasteiger charge is 2.29. The van der Waals surface area contributed by atoms with Gasteiger partial charge in [0.2, 0.25) is 0 Å². The summed E-state index contributed by atoms with van der Waals surface area (Å²) in [4.78, 5) is 14.4. The number of aryl methyl sites for hydroxylation is 1. The van der Waals surface area contributed by atoms with Gasteiger partial charge >= 0.3 is 0 Å². The lowest BCUT2D eigenvalue weighted by Gasteiger charge is -2.16. The van der Waals surface area contributed by atoms with Crippen LogP contribution < -0.4 is 0 Å². The molecular weight excluding hydrogens is 298 g/mol. The topological polar surface area (TPSA) is 49.0 Å². The molecule has 0 aliphatic carbocycles. The average Bonchev–Trinajstić information content (AvgIpc) is 3.17. The van der Waals surface area contributed by atoms with E-state index in [0.717, 1.165) is 42.1 Å². The van der Waals surface area contributed by atoms with Gasteiger partial charge in [-0.1, -0.05) is 43.1 Å². The molecular formula is C17H20ClN3O. The van der Waals surface area contributed by atoms with Gasteiger partial charge in [-0.05, 0) is 30.5 Å². The number of nitrogens with one attached hydrogen (secondary N) is 1. The van der Waals surface area contributed by atoms with E-state index in [2.05, 4.69) is 23.2 Å². The largest absolute Gasteiger partial charge is 0.337 e. The molecule has 4 nitrogen and oxygen atoms in total. The van der Waals surface area contributed by atoms with Crippen molar-refractivity contribution >= 4 is 17.5 Å². The zero-order chi connectivity index (χ0) is 15.5. The minimum atomic E-state index is 0.00755. The Morgan fingerprint density at radius 1 is 1.45 bits per heavy atom. The van der Waals surface area contributed by atoms with E-state index >= 15 is 0 Å². The maximum atomic E-state index is 12.5. The predicted molar refractivity (Wildman–Crippen MR) is 87.3 cm³/mol. The van der Waals surface area contributed by atoms with Crippen LogP contribution >= 0.6 is 11.6 Å². The molecule has 1 aliphatic rings. The molecule has 1 fully saturated rings. The van der Waals surface area contributed by atoms with E-state index < -0.39 is 0 Å². The minimum absolute atomic E-state index is 0.00755. The van der Waals surface area contributed by atoms with Crippen molar-refractivity contribution in [2.45, 2.75) is 32.1 Å². The Balaban J connectivity index is 1.69. The second-order valence-corrected chi connectivity index (χ2v) is 6.19. The Morgan fingerprint density at radius 2 is 2.27 bits per heavy atom. The Hall–Kier alpha value is -1.81. The summed E-state index contributed by atoms with van der Waals surface area (Å²) in [5, 5.41) is 7.88. The molecule has 1 aromatic carbocycles. The molecule has 0 bridgehead atoms. The lowest BCUT2D eigenvalue weighted by atomic mass is 9.98. The Bertz CT molecular complexity index is 667. The Kier molecular flexibility index (Phi) is 4.48. The van der Waals surface area contributed by atoms with E-state index in [1.165, 1.54) is 0 Å². The SMILES string of the molecule is CCCc1cc(C(=O)N2CCC(c3ccccc3Cl)C2)n[nH]1. The first kappa shape index (κ1) is 15.1.